The monoisotopic (exact) mass is 405 g/mol. The van der Waals surface area contributed by atoms with Gasteiger partial charge in [0.2, 0.25) is 5.95 Å². The maximum atomic E-state index is 13.2. The molecule has 1 saturated heterocycles. The molecule has 0 bridgehead atoms. The van der Waals surface area contributed by atoms with E-state index in [4.69, 9.17) is 4.98 Å². The Morgan fingerprint density at radius 1 is 1.03 bits per heavy atom. The van der Waals surface area contributed by atoms with Crippen LogP contribution >= 0.6 is 0 Å². The predicted molar refractivity (Wildman–Crippen MR) is 117 cm³/mol. The van der Waals surface area contributed by atoms with Crippen molar-refractivity contribution in [3.8, 4) is 0 Å². The number of hydrogen-bond acceptors (Lipinski definition) is 5. The van der Waals surface area contributed by atoms with Gasteiger partial charge in [-0.15, -0.1) is 0 Å². The molecule has 0 aliphatic carbocycles. The molecule has 0 N–H and O–H groups in total. The molecule has 0 radical (unpaired) electrons. The van der Waals surface area contributed by atoms with Crippen LogP contribution in [-0.2, 0) is 13.0 Å². The zero-order valence-corrected chi connectivity index (χ0v) is 17.8. The van der Waals surface area contributed by atoms with Crippen LogP contribution in [0.5, 0.6) is 0 Å². The Morgan fingerprint density at radius 3 is 2.47 bits per heavy atom. The lowest BCUT2D eigenvalue weighted by molar-refractivity contribution is 0.243. The standard InChI is InChI=1S/C24H28FN5/c1-17-11-19(12-18-6-8-21(25)9-7-18)13-22(28-17)23-5-4-10-30(23)16-20-14-26-24(27-15-20)29(2)3/h6-9,11,13-15,23H,4-5,10,12,16H2,1-3H3. The van der Waals surface area contributed by atoms with E-state index in [1.54, 1.807) is 0 Å². The van der Waals surface area contributed by atoms with Gasteiger partial charge in [-0.1, -0.05) is 12.1 Å². The number of nitrogens with zero attached hydrogens (tertiary/aromatic N) is 5. The molecule has 0 amide bonds. The second-order valence-corrected chi connectivity index (χ2v) is 8.26. The quantitative estimate of drug-likeness (QED) is 0.611. The molecule has 4 rings (SSSR count). The summed E-state index contributed by atoms with van der Waals surface area (Å²) in [7, 11) is 3.89. The Hall–Kier alpha value is -2.86. The van der Waals surface area contributed by atoms with Crippen molar-refractivity contribution in [1.82, 2.24) is 19.9 Å². The van der Waals surface area contributed by atoms with E-state index in [1.165, 1.54) is 17.7 Å². The smallest absolute Gasteiger partial charge is 0.224 e. The number of aryl methyl sites for hydroxylation is 1. The van der Waals surface area contributed by atoms with Crippen LogP contribution in [0.2, 0.25) is 0 Å². The normalized spacial score (nSPS) is 16.7. The van der Waals surface area contributed by atoms with Crippen molar-refractivity contribution in [2.45, 2.75) is 38.8 Å². The summed E-state index contributed by atoms with van der Waals surface area (Å²) >= 11 is 0. The first-order valence-corrected chi connectivity index (χ1v) is 10.4. The predicted octanol–water partition coefficient (Wildman–Crippen LogP) is 4.31. The van der Waals surface area contributed by atoms with Crippen molar-refractivity contribution in [2.24, 2.45) is 0 Å². The van der Waals surface area contributed by atoms with E-state index in [0.29, 0.717) is 6.04 Å². The zero-order valence-electron chi connectivity index (χ0n) is 17.8. The summed E-state index contributed by atoms with van der Waals surface area (Å²) in [6.07, 6.45) is 6.87. The van der Waals surface area contributed by atoms with Crippen molar-refractivity contribution >= 4 is 5.95 Å². The van der Waals surface area contributed by atoms with Crippen molar-refractivity contribution in [1.29, 1.82) is 0 Å². The lowest BCUT2D eigenvalue weighted by Gasteiger charge is -2.25. The zero-order chi connectivity index (χ0) is 21.1. The van der Waals surface area contributed by atoms with Gasteiger partial charge in [0.1, 0.15) is 5.82 Å². The Kier molecular flexibility index (Phi) is 6.04. The van der Waals surface area contributed by atoms with E-state index < -0.39 is 0 Å². The molecular weight excluding hydrogens is 377 g/mol. The molecular formula is C24H28FN5. The van der Waals surface area contributed by atoms with Gasteiger partial charge in [-0.2, -0.15) is 0 Å². The van der Waals surface area contributed by atoms with E-state index in [0.717, 1.165) is 60.8 Å². The number of halogens is 1. The average molecular weight is 406 g/mol. The van der Waals surface area contributed by atoms with E-state index in [1.807, 2.05) is 50.4 Å². The fourth-order valence-electron chi connectivity index (χ4n) is 4.12. The van der Waals surface area contributed by atoms with Crippen LogP contribution in [0.15, 0.2) is 48.8 Å². The van der Waals surface area contributed by atoms with Crippen LogP contribution < -0.4 is 4.90 Å². The van der Waals surface area contributed by atoms with Crippen LogP contribution in [0.25, 0.3) is 0 Å². The van der Waals surface area contributed by atoms with Crippen molar-refractivity contribution in [3.63, 3.8) is 0 Å². The number of hydrogen-bond donors (Lipinski definition) is 0. The highest BCUT2D eigenvalue weighted by molar-refractivity contribution is 5.30. The van der Waals surface area contributed by atoms with Gasteiger partial charge in [-0.25, -0.2) is 14.4 Å². The second kappa shape index (κ2) is 8.88. The van der Waals surface area contributed by atoms with Gasteiger partial charge in [0, 0.05) is 44.3 Å². The van der Waals surface area contributed by atoms with Crippen LogP contribution in [0, 0.1) is 12.7 Å². The van der Waals surface area contributed by atoms with E-state index in [9.17, 15) is 4.39 Å². The fourth-order valence-corrected chi connectivity index (χ4v) is 4.12. The fraction of sp³-hybridized carbons (Fsp3) is 0.375. The summed E-state index contributed by atoms with van der Waals surface area (Å²) < 4.78 is 13.2. The number of anilines is 1. The molecule has 1 aliphatic heterocycles. The first-order chi connectivity index (χ1) is 14.5. The number of pyridine rings is 1. The van der Waals surface area contributed by atoms with Crippen molar-refractivity contribution < 1.29 is 4.39 Å². The summed E-state index contributed by atoms with van der Waals surface area (Å²) in [5, 5.41) is 0. The number of aromatic nitrogens is 3. The summed E-state index contributed by atoms with van der Waals surface area (Å²) in [6, 6.07) is 11.4. The third-order valence-corrected chi connectivity index (χ3v) is 5.54. The first-order valence-electron chi connectivity index (χ1n) is 10.4. The lowest BCUT2D eigenvalue weighted by Crippen LogP contribution is -2.24. The highest BCUT2D eigenvalue weighted by Crippen LogP contribution is 2.33. The number of benzene rings is 1. The maximum Gasteiger partial charge on any atom is 0.224 e. The Labute approximate surface area is 177 Å². The molecule has 30 heavy (non-hydrogen) atoms. The van der Waals surface area contributed by atoms with E-state index in [2.05, 4.69) is 27.0 Å². The molecule has 1 fully saturated rings. The van der Waals surface area contributed by atoms with Crippen molar-refractivity contribution in [3.05, 3.63) is 82.7 Å². The molecule has 6 heteroatoms. The minimum atomic E-state index is -0.200. The van der Waals surface area contributed by atoms with Gasteiger partial charge in [0.25, 0.3) is 0 Å². The molecule has 5 nitrogen and oxygen atoms in total. The maximum absolute atomic E-state index is 13.2. The number of rotatable bonds is 6. The molecule has 1 unspecified atom stereocenters. The third kappa shape index (κ3) is 4.82. The third-order valence-electron chi connectivity index (χ3n) is 5.54. The molecule has 2 aromatic heterocycles. The molecule has 0 spiro atoms. The van der Waals surface area contributed by atoms with Crippen LogP contribution in [0.1, 0.15) is 47.0 Å². The summed E-state index contributed by atoms with van der Waals surface area (Å²) in [4.78, 5) is 18.1. The Bertz CT molecular complexity index is 985. The van der Waals surface area contributed by atoms with Crippen LogP contribution in [0.3, 0.4) is 0 Å². The molecule has 0 saturated carbocycles. The van der Waals surface area contributed by atoms with Gasteiger partial charge < -0.3 is 4.90 Å². The molecule has 3 aromatic rings. The van der Waals surface area contributed by atoms with Crippen LogP contribution in [0.4, 0.5) is 10.3 Å². The lowest BCUT2D eigenvalue weighted by atomic mass is 10.0. The van der Waals surface area contributed by atoms with E-state index >= 15 is 0 Å². The Balaban J connectivity index is 1.51. The van der Waals surface area contributed by atoms with E-state index in [-0.39, 0.29) is 5.82 Å². The Morgan fingerprint density at radius 2 is 1.77 bits per heavy atom. The van der Waals surface area contributed by atoms with Crippen LogP contribution in [-0.4, -0.2) is 40.5 Å². The average Bonchev–Trinajstić information content (AvgIpc) is 3.18. The van der Waals surface area contributed by atoms with Gasteiger partial charge >= 0.3 is 0 Å². The molecule has 1 atom stereocenters. The largest absolute Gasteiger partial charge is 0.347 e. The molecule has 3 heterocycles. The molecule has 156 valence electrons. The van der Waals surface area contributed by atoms with Gasteiger partial charge in [-0.3, -0.25) is 9.88 Å². The molecule has 1 aliphatic rings. The minimum Gasteiger partial charge on any atom is -0.347 e. The highest BCUT2D eigenvalue weighted by atomic mass is 19.1. The molecule has 1 aromatic carbocycles. The summed E-state index contributed by atoms with van der Waals surface area (Å²) in [5.41, 5.74) is 5.58. The highest BCUT2D eigenvalue weighted by Gasteiger charge is 2.27. The first kappa shape index (κ1) is 20.4. The summed E-state index contributed by atoms with van der Waals surface area (Å²) in [6.45, 7) is 3.91. The summed E-state index contributed by atoms with van der Waals surface area (Å²) in [5.74, 6) is 0.525. The SMILES string of the molecule is Cc1cc(Cc2ccc(F)cc2)cc(C2CCCN2Cc2cnc(N(C)C)nc2)n1. The van der Waals surface area contributed by atoms with Gasteiger partial charge in [0.15, 0.2) is 0 Å². The number of likely N-dealkylation sites (tertiary alicyclic amines) is 1. The minimum absolute atomic E-state index is 0.200. The van der Waals surface area contributed by atoms with Gasteiger partial charge in [0.05, 0.1) is 11.7 Å². The van der Waals surface area contributed by atoms with Crippen molar-refractivity contribution in [2.75, 3.05) is 25.5 Å². The van der Waals surface area contributed by atoms with Gasteiger partial charge in [-0.05, 0) is 68.1 Å². The topological polar surface area (TPSA) is 45.2 Å². The second-order valence-electron chi connectivity index (χ2n) is 8.26.